The molecule has 0 radical (unpaired) electrons. The van der Waals surface area contributed by atoms with E-state index in [0.717, 1.165) is 6.54 Å². The molecule has 0 saturated carbocycles. The Labute approximate surface area is 94.6 Å². The highest BCUT2D eigenvalue weighted by atomic mass is 15.2. The van der Waals surface area contributed by atoms with Crippen molar-refractivity contribution < 1.29 is 0 Å². The first-order valence-corrected chi connectivity index (χ1v) is 6.14. The van der Waals surface area contributed by atoms with Crippen LogP contribution in [0.2, 0.25) is 0 Å². The van der Waals surface area contributed by atoms with Crippen molar-refractivity contribution in [2.24, 2.45) is 11.1 Å². The fourth-order valence-electron chi connectivity index (χ4n) is 1.89. The molecular weight excluding hydrogens is 186 g/mol. The highest BCUT2D eigenvalue weighted by Crippen LogP contribution is 2.18. The standard InChI is InChI=1S/C12H27N3/c1-12(2,11-13)5-8-15-7-4-6-14(3)9-10-15/h4-11,13H2,1-3H3. The summed E-state index contributed by atoms with van der Waals surface area (Å²) >= 11 is 0. The first kappa shape index (κ1) is 12.9. The Morgan fingerprint density at radius 1 is 1.13 bits per heavy atom. The van der Waals surface area contributed by atoms with Gasteiger partial charge in [-0.2, -0.15) is 0 Å². The van der Waals surface area contributed by atoms with E-state index in [4.69, 9.17) is 5.73 Å². The van der Waals surface area contributed by atoms with Gasteiger partial charge in [-0.1, -0.05) is 13.8 Å². The van der Waals surface area contributed by atoms with E-state index < -0.39 is 0 Å². The molecule has 0 bridgehead atoms. The van der Waals surface area contributed by atoms with Crippen LogP contribution >= 0.6 is 0 Å². The van der Waals surface area contributed by atoms with Gasteiger partial charge in [0.15, 0.2) is 0 Å². The van der Waals surface area contributed by atoms with Crippen LogP contribution in [0.15, 0.2) is 0 Å². The van der Waals surface area contributed by atoms with Crippen molar-refractivity contribution in [3.8, 4) is 0 Å². The minimum absolute atomic E-state index is 0.304. The summed E-state index contributed by atoms with van der Waals surface area (Å²) in [7, 11) is 2.22. The molecule has 0 amide bonds. The molecule has 15 heavy (non-hydrogen) atoms. The second-order valence-corrected chi connectivity index (χ2v) is 5.62. The third-order valence-electron chi connectivity index (χ3n) is 3.47. The highest BCUT2D eigenvalue weighted by Gasteiger charge is 2.18. The van der Waals surface area contributed by atoms with Gasteiger partial charge in [-0.15, -0.1) is 0 Å². The first-order valence-electron chi connectivity index (χ1n) is 6.14. The lowest BCUT2D eigenvalue weighted by atomic mass is 9.89. The molecule has 1 aliphatic rings. The fourth-order valence-corrected chi connectivity index (χ4v) is 1.89. The van der Waals surface area contributed by atoms with Gasteiger partial charge in [-0.25, -0.2) is 0 Å². The molecule has 0 aromatic carbocycles. The summed E-state index contributed by atoms with van der Waals surface area (Å²) in [4.78, 5) is 5.01. The van der Waals surface area contributed by atoms with Crippen LogP contribution in [0.25, 0.3) is 0 Å². The van der Waals surface area contributed by atoms with Crippen molar-refractivity contribution in [3.63, 3.8) is 0 Å². The molecule has 0 atom stereocenters. The minimum Gasteiger partial charge on any atom is -0.330 e. The van der Waals surface area contributed by atoms with Gasteiger partial charge in [0, 0.05) is 13.1 Å². The second kappa shape index (κ2) is 5.83. The maximum Gasteiger partial charge on any atom is 0.0109 e. The molecule has 90 valence electrons. The van der Waals surface area contributed by atoms with E-state index in [1.165, 1.54) is 45.6 Å². The summed E-state index contributed by atoms with van der Waals surface area (Å²) in [6, 6.07) is 0. The monoisotopic (exact) mass is 213 g/mol. The van der Waals surface area contributed by atoms with Crippen molar-refractivity contribution in [2.75, 3.05) is 46.3 Å². The molecule has 0 aromatic heterocycles. The maximum atomic E-state index is 5.75. The summed E-state index contributed by atoms with van der Waals surface area (Å²) in [5.41, 5.74) is 6.05. The average Bonchev–Trinajstić information content (AvgIpc) is 2.40. The molecule has 3 heteroatoms. The molecule has 2 N–H and O–H groups in total. The minimum atomic E-state index is 0.304. The number of rotatable bonds is 4. The Morgan fingerprint density at radius 2 is 1.87 bits per heavy atom. The number of hydrogen-bond acceptors (Lipinski definition) is 3. The van der Waals surface area contributed by atoms with Gasteiger partial charge in [0.05, 0.1) is 0 Å². The topological polar surface area (TPSA) is 32.5 Å². The van der Waals surface area contributed by atoms with E-state index in [1.807, 2.05) is 0 Å². The summed E-state index contributed by atoms with van der Waals surface area (Å²) in [6.07, 6.45) is 2.52. The van der Waals surface area contributed by atoms with Gasteiger partial charge in [0.2, 0.25) is 0 Å². The summed E-state index contributed by atoms with van der Waals surface area (Å²) in [6.45, 7) is 11.5. The molecular formula is C12H27N3. The van der Waals surface area contributed by atoms with Gasteiger partial charge >= 0.3 is 0 Å². The van der Waals surface area contributed by atoms with Crippen molar-refractivity contribution in [1.82, 2.24) is 9.80 Å². The van der Waals surface area contributed by atoms with Crippen LogP contribution < -0.4 is 5.73 Å². The molecule has 0 aromatic rings. The molecule has 1 aliphatic heterocycles. The van der Waals surface area contributed by atoms with E-state index >= 15 is 0 Å². The predicted octanol–water partition coefficient (Wildman–Crippen LogP) is 0.999. The van der Waals surface area contributed by atoms with E-state index in [-0.39, 0.29) is 0 Å². The van der Waals surface area contributed by atoms with Crippen LogP contribution in [0.3, 0.4) is 0 Å². The van der Waals surface area contributed by atoms with Crippen LogP contribution in [0, 0.1) is 5.41 Å². The average molecular weight is 213 g/mol. The van der Waals surface area contributed by atoms with Crippen molar-refractivity contribution >= 4 is 0 Å². The van der Waals surface area contributed by atoms with Gasteiger partial charge < -0.3 is 15.5 Å². The van der Waals surface area contributed by atoms with Crippen molar-refractivity contribution in [1.29, 1.82) is 0 Å². The van der Waals surface area contributed by atoms with E-state index in [0.29, 0.717) is 5.41 Å². The van der Waals surface area contributed by atoms with Gasteiger partial charge in [-0.05, 0) is 51.5 Å². The third kappa shape index (κ3) is 4.96. The quantitative estimate of drug-likeness (QED) is 0.756. The van der Waals surface area contributed by atoms with Gasteiger partial charge in [-0.3, -0.25) is 0 Å². The Kier molecular flexibility index (Phi) is 5.03. The Bertz CT molecular complexity index is 180. The molecule has 0 unspecified atom stereocenters. The zero-order valence-corrected chi connectivity index (χ0v) is 10.6. The zero-order chi connectivity index (χ0) is 11.3. The number of nitrogens with zero attached hydrogens (tertiary/aromatic N) is 2. The highest BCUT2D eigenvalue weighted by molar-refractivity contribution is 4.74. The molecule has 1 rings (SSSR count). The molecule has 1 fully saturated rings. The van der Waals surface area contributed by atoms with Crippen molar-refractivity contribution in [2.45, 2.75) is 26.7 Å². The molecule has 1 saturated heterocycles. The lowest BCUT2D eigenvalue weighted by Crippen LogP contribution is -2.34. The second-order valence-electron chi connectivity index (χ2n) is 5.62. The van der Waals surface area contributed by atoms with Gasteiger partial charge in [0.1, 0.15) is 0 Å². The fraction of sp³-hybridized carbons (Fsp3) is 1.00. The number of hydrogen-bond donors (Lipinski definition) is 1. The first-order chi connectivity index (χ1) is 7.03. The molecule has 3 nitrogen and oxygen atoms in total. The summed E-state index contributed by atoms with van der Waals surface area (Å²) in [5, 5.41) is 0. The van der Waals surface area contributed by atoms with Crippen LogP contribution in [0.5, 0.6) is 0 Å². The number of likely N-dealkylation sites (N-methyl/N-ethyl adjacent to an activating group) is 1. The smallest absolute Gasteiger partial charge is 0.0109 e. The van der Waals surface area contributed by atoms with Crippen LogP contribution in [-0.2, 0) is 0 Å². The van der Waals surface area contributed by atoms with E-state index in [1.54, 1.807) is 0 Å². The van der Waals surface area contributed by atoms with E-state index in [2.05, 4.69) is 30.7 Å². The van der Waals surface area contributed by atoms with E-state index in [9.17, 15) is 0 Å². The number of nitrogens with two attached hydrogens (primary N) is 1. The molecule has 0 spiro atoms. The summed E-state index contributed by atoms with van der Waals surface area (Å²) in [5.74, 6) is 0. The summed E-state index contributed by atoms with van der Waals surface area (Å²) < 4.78 is 0. The zero-order valence-electron chi connectivity index (χ0n) is 10.6. The Morgan fingerprint density at radius 3 is 2.53 bits per heavy atom. The lowest BCUT2D eigenvalue weighted by Gasteiger charge is -2.27. The Hall–Kier alpha value is -0.120. The molecule has 1 heterocycles. The maximum absolute atomic E-state index is 5.75. The predicted molar refractivity (Wildman–Crippen MR) is 66.0 cm³/mol. The largest absolute Gasteiger partial charge is 0.330 e. The van der Waals surface area contributed by atoms with Crippen LogP contribution in [-0.4, -0.2) is 56.1 Å². The SMILES string of the molecule is CN1CCCN(CCC(C)(C)CN)CC1. The van der Waals surface area contributed by atoms with Crippen LogP contribution in [0.1, 0.15) is 26.7 Å². The van der Waals surface area contributed by atoms with Crippen molar-refractivity contribution in [3.05, 3.63) is 0 Å². The third-order valence-corrected chi connectivity index (χ3v) is 3.47. The van der Waals surface area contributed by atoms with Gasteiger partial charge in [0.25, 0.3) is 0 Å². The van der Waals surface area contributed by atoms with Crippen LogP contribution in [0.4, 0.5) is 0 Å². The lowest BCUT2D eigenvalue weighted by molar-refractivity contribution is 0.225. The Balaban J connectivity index is 2.26. The normalized spacial score (nSPS) is 21.6. The molecule has 0 aliphatic carbocycles.